The Hall–Kier alpha value is -1.58. The second-order valence-corrected chi connectivity index (χ2v) is 4.77. The normalized spacial score (nSPS) is 17.6. The molecule has 0 unspecified atom stereocenters. The minimum absolute atomic E-state index is 0.0402. The van der Waals surface area contributed by atoms with Crippen LogP contribution in [-0.4, -0.2) is 10.5 Å². The van der Waals surface area contributed by atoms with Crippen LogP contribution in [0, 0.1) is 17.0 Å². The lowest BCUT2D eigenvalue weighted by molar-refractivity contribution is -0.384. The maximum Gasteiger partial charge on any atom is 0.295 e. The predicted molar refractivity (Wildman–Crippen MR) is 63.7 cm³/mol. The van der Waals surface area contributed by atoms with Crippen LogP contribution in [0.3, 0.4) is 0 Å². The summed E-state index contributed by atoms with van der Waals surface area (Å²) >= 11 is 0. The molecular formula is C12H16N2O2. The highest BCUT2D eigenvalue weighted by molar-refractivity contribution is 5.66. The van der Waals surface area contributed by atoms with Gasteiger partial charge < -0.3 is 5.32 Å². The van der Waals surface area contributed by atoms with Crippen molar-refractivity contribution in [2.75, 3.05) is 5.32 Å². The summed E-state index contributed by atoms with van der Waals surface area (Å²) in [7, 11) is 0. The van der Waals surface area contributed by atoms with Gasteiger partial charge in [-0.1, -0.05) is 12.1 Å². The van der Waals surface area contributed by atoms with Crippen LogP contribution in [0.4, 0.5) is 11.4 Å². The summed E-state index contributed by atoms with van der Waals surface area (Å²) in [6.45, 7) is 3.88. The molecule has 1 saturated carbocycles. The summed E-state index contributed by atoms with van der Waals surface area (Å²) < 4.78 is 0. The molecule has 4 nitrogen and oxygen atoms in total. The third-order valence-electron chi connectivity index (χ3n) is 3.31. The molecule has 0 aromatic heterocycles. The van der Waals surface area contributed by atoms with Gasteiger partial charge in [0.1, 0.15) is 5.69 Å². The predicted octanol–water partition coefficient (Wildman–Crippen LogP) is 3.26. The van der Waals surface area contributed by atoms with E-state index in [-0.39, 0.29) is 16.1 Å². The molecule has 1 aromatic rings. The van der Waals surface area contributed by atoms with E-state index in [0.29, 0.717) is 11.3 Å². The number of nitro benzene ring substituents is 1. The molecule has 0 spiro atoms. The van der Waals surface area contributed by atoms with Crippen molar-refractivity contribution in [2.45, 2.75) is 38.6 Å². The maximum atomic E-state index is 11.0. The summed E-state index contributed by atoms with van der Waals surface area (Å²) in [4.78, 5) is 10.7. The molecule has 4 heteroatoms. The molecule has 86 valence electrons. The fraction of sp³-hybridized carbons (Fsp3) is 0.500. The first-order valence-corrected chi connectivity index (χ1v) is 5.54. The van der Waals surface area contributed by atoms with E-state index in [1.54, 1.807) is 19.1 Å². The largest absolute Gasteiger partial charge is 0.374 e. The van der Waals surface area contributed by atoms with Crippen molar-refractivity contribution in [1.29, 1.82) is 0 Å². The van der Waals surface area contributed by atoms with Gasteiger partial charge in [-0.3, -0.25) is 10.1 Å². The lowest BCUT2D eigenvalue weighted by Gasteiger charge is -2.39. The Bertz CT molecular complexity index is 425. The van der Waals surface area contributed by atoms with Gasteiger partial charge in [0.05, 0.1) is 4.92 Å². The lowest BCUT2D eigenvalue weighted by atomic mass is 9.78. The fourth-order valence-corrected chi connectivity index (χ4v) is 2.16. The SMILES string of the molecule is Cc1cccc(NC2(C)CCC2)c1[N+](=O)[O-]. The zero-order valence-corrected chi connectivity index (χ0v) is 9.62. The van der Waals surface area contributed by atoms with E-state index in [2.05, 4.69) is 12.2 Å². The van der Waals surface area contributed by atoms with Gasteiger partial charge in [-0.25, -0.2) is 0 Å². The number of rotatable bonds is 3. The zero-order chi connectivity index (χ0) is 11.8. The van der Waals surface area contributed by atoms with Crippen molar-refractivity contribution in [2.24, 2.45) is 0 Å². The van der Waals surface area contributed by atoms with Gasteiger partial charge in [-0.05, 0) is 39.2 Å². The Morgan fingerprint density at radius 2 is 2.12 bits per heavy atom. The molecule has 0 saturated heterocycles. The Morgan fingerprint density at radius 1 is 1.44 bits per heavy atom. The number of para-hydroxylation sites is 1. The lowest BCUT2D eigenvalue weighted by Crippen LogP contribution is -2.41. The smallest absolute Gasteiger partial charge is 0.295 e. The molecular weight excluding hydrogens is 204 g/mol. The van der Waals surface area contributed by atoms with Crippen LogP contribution in [0.15, 0.2) is 18.2 Å². The molecule has 0 bridgehead atoms. The van der Waals surface area contributed by atoms with Crippen molar-refractivity contribution in [3.05, 3.63) is 33.9 Å². The highest BCUT2D eigenvalue weighted by Crippen LogP contribution is 2.38. The number of anilines is 1. The van der Waals surface area contributed by atoms with E-state index in [0.717, 1.165) is 12.8 Å². The van der Waals surface area contributed by atoms with Gasteiger partial charge in [0.25, 0.3) is 5.69 Å². The molecule has 0 amide bonds. The van der Waals surface area contributed by atoms with Gasteiger partial charge in [-0.15, -0.1) is 0 Å². The monoisotopic (exact) mass is 220 g/mol. The van der Waals surface area contributed by atoms with Gasteiger partial charge in [0.15, 0.2) is 0 Å². The molecule has 1 fully saturated rings. The maximum absolute atomic E-state index is 11.0. The topological polar surface area (TPSA) is 55.2 Å². The molecule has 0 aliphatic heterocycles. The average molecular weight is 220 g/mol. The number of aryl methyl sites for hydroxylation is 1. The molecule has 0 atom stereocenters. The Balaban J connectivity index is 2.32. The standard InChI is InChI=1S/C12H16N2O2/c1-9-5-3-6-10(11(9)14(15)16)13-12(2)7-4-8-12/h3,5-6,13H,4,7-8H2,1-2H3. The Labute approximate surface area is 94.8 Å². The van der Waals surface area contributed by atoms with Gasteiger partial charge >= 0.3 is 0 Å². The minimum Gasteiger partial charge on any atom is -0.374 e. The highest BCUT2D eigenvalue weighted by Gasteiger charge is 2.33. The molecule has 1 aromatic carbocycles. The number of nitro groups is 1. The molecule has 0 heterocycles. The van der Waals surface area contributed by atoms with Crippen molar-refractivity contribution in [1.82, 2.24) is 0 Å². The van der Waals surface area contributed by atoms with Crippen LogP contribution in [-0.2, 0) is 0 Å². The Morgan fingerprint density at radius 3 is 2.62 bits per heavy atom. The first-order valence-electron chi connectivity index (χ1n) is 5.54. The number of nitrogens with one attached hydrogen (secondary N) is 1. The second kappa shape index (κ2) is 3.77. The van der Waals surface area contributed by atoms with E-state index in [1.807, 2.05) is 6.07 Å². The van der Waals surface area contributed by atoms with Crippen molar-refractivity contribution >= 4 is 11.4 Å². The second-order valence-electron chi connectivity index (χ2n) is 4.77. The third-order valence-corrected chi connectivity index (χ3v) is 3.31. The van der Waals surface area contributed by atoms with Crippen LogP contribution >= 0.6 is 0 Å². The van der Waals surface area contributed by atoms with E-state index in [4.69, 9.17) is 0 Å². The van der Waals surface area contributed by atoms with Crippen molar-refractivity contribution < 1.29 is 4.92 Å². The number of nitrogens with zero attached hydrogens (tertiary/aromatic N) is 1. The van der Waals surface area contributed by atoms with Gasteiger partial charge in [0.2, 0.25) is 0 Å². The van der Waals surface area contributed by atoms with Crippen LogP contribution < -0.4 is 5.32 Å². The minimum atomic E-state index is -0.306. The van der Waals surface area contributed by atoms with Crippen LogP contribution in [0.5, 0.6) is 0 Å². The molecule has 1 aliphatic rings. The number of benzene rings is 1. The zero-order valence-electron chi connectivity index (χ0n) is 9.62. The summed E-state index contributed by atoms with van der Waals surface area (Å²) in [6, 6.07) is 5.41. The van der Waals surface area contributed by atoms with Crippen LogP contribution in [0.25, 0.3) is 0 Å². The number of hydrogen-bond acceptors (Lipinski definition) is 3. The molecule has 2 rings (SSSR count). The third kappa shape index (κ3) is 1.87. The van der Waals surface area contributed by atoms with E-state index < -0.39 is 0 Å². The molecule has 0 radical (unpaired) electrons. The van der Waals surface area contributed by atoms with E-state index in [9.17, 15) is 10.1 Å². The van der Waals surface area contributed by atoms with Gasteiger partial charge in [0, 0.05) is 11.1 Å². The number of hydrogen-bond donors (Lipinski definition) is 1. The van der Waals surface area contributed by atoms with E-state index >= 15 is 0 Å². The van der Waals surface area contributed by atoms with Crippen LogP contribution in [0.1, 0.15) is 31.7 Å². The summed E-state index contributed by atoms with van der Waals surface area (Å²) in [5.74, 6) is 0. The van der Waals surface area contributed by atoms with Crippen molar-refractivity contribution in [3.8, 4) is 0 Å². The summed E-state index contributed by atoms with van der Waals surface area (Å²) in [5, 5.41) is 14.3. The first kappa shape index (κ1) is 10.9. The van der Waals surface area contributed by atoms with Crippen molar-refractivity contribution in [3.63, 3.8) is 0 Å². The highest BCUT2D eigenvalue weighted by atomic mass is 16.6. The molecule has 16 heavy (non-hydrogen) atoms. The quantitative estimate of drug-likeness (QED) is 0.628. The first-order chi connectivity index (χ1) is 7.52. The molecule has 1 N–H and O–H groups in total. The Kier molecular flexibility index (Phi) is 2.58. The summed E-state index contributed by atoms with van der Waals surface area (Å²) in [6.07, 6.45) is 3.36. The van der Waals surface area contributed by atoms with E-state index in [1.165, 1.54) is 6.42 Å². The average Bonchev–Trinajstić information content (AvgIpc) is 2.14. The molecule has 1 aliphatic carbocycles. The van der Waals surface area contributed by atoms with Crippen LogP contribution in [0.2, 0.25) is 0 Å². The fourth-order valence-electron chi connectivity index (χ4n) is 2.16. The van der Waals surface area contributed by atoms with Gasteiger partial charge in [-0.2, -0.15) is 0 Å². The summed E-state index contributed by atoms with van der Waals surface area (Å²) in [5.41, 5.74) is 1.60.